The summed E-state index contributed by atoms with van der Waals surface area (Å²) in [5.41, 5.74) is 1.76. The Bertz CT molecular complexity index is 507. The summed E-state index contributed by atoms with van der Waals surface area (Å²) in [4.78, 5) is 9.94. The summed E-state index contributed by atoms with van der Waals surface area (Å²) in [6.07, 6.45) is 0. The average molecular weight is 294 g/mol. The average Bonchev–Trinajstić information content (AvgIpc) is 2.50. The Balaban J connectivity index is 0.000000270. The molecule has 0 heterocycles. The highest BCUT2D eigenvalue weighted by atomic mass is 19.1. The smallest absolute Gasteiger partial charge is 0.331 e. The number of hydrogen-bond acceptors (Lipinski definition) is 3. The molecule has 2 rings (SSSR count). The first kappa shape index (κ1) is 16.8. The van der Waals surface area contributed by atoms with Gasteiger partial charge in [0, 0.05) is 0 Å². The van der Waals surface area contributed by atoms with E-state index in [1.807, 2.05) is 0 Å². The lowest BCUT2D eigenvalue weighted by atomic mass is 10.1. The van der Waals surface area contributed by atoms with E-state index in [0.717, 1.165) is 11.1 Å². The maximum atomic E-state index is 12.6. The summed E-state index contributed by atoms with van der Waals surface area (Å²) in [6, 6.07) is 12.2. The number of hydrogen-bond donors (Lipinski definition) is 1. The molecule has 0 radical (unpaired) electrons. The summed E-state index contributed by atoms with van der Waals surface area (Å²) in [7, 11) is 0. The third-order valence-electron chi connectivity index (χ3n) is 2.46. The normalized spacial score (nSPS) is 9.52. The fourth-order valence-corrected chi connectivity index (χ4v) is 1.49. The van der Waals surface area contributed by atoms with Gasteiger partial charge in [-0.25, -0.2) is 13.6 Å². The minimum Gasteiger partial charge on any atom is -0.464 e. The van der Waals surface area contributed by atoms with E-state index < -0.39 is 12.6 Å². The molecule has 2 aromatic carbocycles. The molecule has 0 saturated heterocycles. The Morgan fingerprint density at radius 1 is 0.952 bits per heavy atom. The molecule has 0 fully saturated rings. The van der Waals surface area contributed by atoms with E-state index in [-0.39, 0.29) is 11.6 Å². The first-order chi connectivity index (χ1) is 10.1. The Labute approximate surface area is 121 Å². The summed E-state index contributed by atoms with van der Waals surface area (Å²) >= 11 is 0. The highest BCUT2D eigenvalue weighted by Gasteiger charge is 1.97. The van der Waals surface area contributed by atoms with E-state index in [9.17, 15) is 13.6 Å². The second kappa shape index (κ2) is 8.81. The van der Waals surface area contributed by atoms with E-state index >= 15 is 0 Å². The topological polar surface area (TPSA) is 46.5 Å². The second-order valence-corrected chi connectivity index (χ2v) is 3.98. The molecule has 0 unspecified atom stereocenters. The van der Waals surface area contributed by atoms with Crippen LogP contribution in [0, 0.1) is 11.6 Å². The van der Waals surface area contributed by atoms with Crippen LogP contribution in [0.3, 0.4) is 0 Å². The van der Waals surface area contributed by atoms with Crippen LogP contribution < -0.4 is 0 Å². The van der Waals surface area contributed by atoms with E-state index in [1.54, 1.807) is 31.2 Å². The minimum absolute atomic E-state index is 0.268. The molecule has 5 heteroatoms. The van der Waals surface area contributed by atoms with Gasteiger partial charge >= 0.3 is 5.97 Å². The first-order valence-electron chi connectivity index (χ1n) is 6.34. The van der Waals surface area contributed by atoms with Gasteiger partial charge in [-0.2, -0.15) is 0 Å². The van der Waals surface area contributed by atoms with Gasteiger partial charge in [-0.1, -0.05) is 24.3 Å². The molecule has 0 saturated carbocycles. The van der Waals surface area contributed by atoms with Crippen LogP contribution in [0.1, 0.15) is 6.92 Å². The van der Waals surface area contributed by atoms with Gasteiger partial charge in [0.2, 0.25) is 0 Å². The third kappa shape index (κ3) is 6.14. The molecule has 0 aromatic heterocycles. The second-order valence-electron chi connectivity index (χ2n) is 3.98. The van der Waals surface area contributed by atoms with Crippen molar-refractivity contribution in [3.05, 3.63) is 60.2 Å². The number of aliphatic hydroxyl groups is 1. The Morgan fingerprint density at radius 2 is 1.33 bits per heavy atom. The van der Waals surface area contributed by atoms with Gasteiger partial charge in [-0.15, -0.1) is 0 Å². The third-order valence-corrected chi connectivity index (χ3v) is 2.46. The van der Waals surface area contributed by atoms with Gasteiger partial charge in [-0.05, 0) is 42.3 Å². The van der Waals surface area contributed by atoms with Crippen molar-refractivity contribution in [2.75, 3.05) is 13.2 Å². The molecular formula is C16H16F2O3. The van der Waals surface area contributed by atoms with Gasteiger partial charge in [0.15, 0.2) is 0 Å². The monoisotopic (exact) mass is 294 g/mol. The van der Waals surface area contributed by atoms with Crippen molar-refractivity contribution in [3.8, 4) is 11.1 Å². The van der Waals surface area contributed by atoms with Crippen molar-refractivity contribution < 1.29 is 23.4 Å². The van der Waals surface area contributed by atoms with Gasteiger partial charge in [0.05, 0.1) is 6.61 Å². The summed E-state index contributed by atoms with van der Waals surface area (Å²) in [5, 5.41) is 7.99. The number of aliphatic hydroxyl groups excluding tert-OH is 1. The predicted molar refractivity (Wildman–Crippen MR) is 75.5 cm³/mol. The number of halogens is 2. The molecule has 112 valence electrons. The van der Waals surface area contributed by atoms with Crippen molar-refractivity contribution in [1.29, 1.82) is 0 Å². The number of carbonyl (C=O) groups is 1. The maximum absolute atomic E-state index is 12.6. The summed E-state index contributed by atoms with van der Waals surface area (Å²) < 4.78 is 29.5. The van der Waals surface area contributed by atoms with Gasteiger partial charge < -0.3 is 9.84 Å². The van der Waals surface area contributed by atoms with E-state index in [0.29, 0.717) is 6.61 Å². The number of esters is 1. The van der Waals surface area contributed by atoms with Crippen LogP contribution in [0.4, 0.5) is 8.78 Å². The number of benzene rings is 2. The molecule has 0 amide bonds. The lowest BCUT2D eigenvalue weighted by Gasteiger charge is -2.00. The number of rotatable bonds is 3. The fraction of sp³-hybridized carbons (Fsp3) is 0.188. The van der Waals surface area contributed by atoms with Crippen LogP contribution in [-0.2, 0) is 9.53 Å². The van der Waals surface area contributed by atoms with Crippen molar-refractivity contribution in [2.45, 2.75) is 6.92 Å². The highest BCUT2D eigenvalue weighted by molar-refractivity contribution is 5.70. The van der Waals surface area contributed by atoms with E-state index in [1.165, 1.54) is 24.3 Å². The van der Waals surface area contributed by atoms with Crippen molar-refractivity contribution >= 4 is 5.97 Å². The largest absolute Gasteiger partial charge is 0.464 e. The van der Waals surface area contributed by atoms with Gasteiger partial charge in [0.1, 0.15) is 18.2 Å². The molecule has 3 nitrogen and oxygen atoms in total. The molecule has 0 spiro atoms. The van der Waals surface area contributed by atoms with Crippen LogP contribution in [0.25, 0.3) is 11.1 Å². The standard InChI is InChI=1S/C12H8F2.C4H8O3/c13-11-5-1-9(2-6-11)10-3-7-12(14)8-4-10;1-2-7-4(6)3-5/h1-8H;5H,2-3H2,1H3. The van der Waals surface area contributed by atoms with Crippen LogP contribution in [0.5, 0.6) is 0 Å². The maximum Gasteiger partial charge on any atom is 0.331 e. The number of carbonyl (C=O) groups excluding carboxylic acids is 1. The van der Waals surface area contributed by atoms with Crippen LogP contribution >= 0.6 is 0 Å². The molecule has 21 heavy (non-hydrogen) atoms. The molecular weight excluding hydrogens is 278 g/mol. The zero-order valence-electron chi connectivity index (χ0n) is 11.6. The molecule has 0 atom stereocenters. The molecule has 0 aliphatic heterocycles. The van der Waals surface area contributed by atoms with E-state index in [2.05, 4.69) is 4.74 Å². The Kier molecular flexibility index (Phi) is 7.04. The van der Waals surface area contributed by atoms with Crippen LogP contribution in [-0.4, -0.2) is 24.3 Å². The minimum atomic E-state index is -0.567. The number of ether oxygens (including phenoxy) is 1. The molecule has 0 bridgehead atoms. The van der Waals surface area contributed by atoms with Gasteiger partial charge in [0.25, 0.3) is 0 Å². The van der Waals surface area contributed by atoms with E-state index in [4.69, 9.17) is 5.11 Å². The lowest BCUT2D eigenvalue weighted by molar-refractivity contribution is -0.146. The molecule has 2 aromatic rings. The zero-order valence-corrected chi connectivity index (χ0v) is 11.6. The summed E-state index contributed by atoms with van der Waals surface area (Å²) in [6.45, 7) is 1.50. The predicted octanol–water partition coefficient (Wildman–Crippen LogP) is 3.17. The fourth-order valence-electron chi connectivity index (χ4n) is 1.49. The first-order valence-corrected chi connectivity index (χ1v) is 6.34. The van der Waals surface area contributed by atoms with Gasteiger partial charge in [-0.3, -0.25) is 0 Å². The molecule has 1 N–H and O–H groups in total. The van der Waals surface area contributed by atoms with Crippen molar-refractivity contribution in [2.24, 2.45) is 0 Å². The zero-order chi connectivity index (χ0) is 15.7. The molecule has 0 aliphatic rings. The Morgan fingerprint density at radius 3 is 1.57 bits per heavy atom. The van der Waals surface area contributed by atoms with Crippen LogP contribution in [0.15, 0.2) is 48.5 Å². The Hall–Kier alpha value is -2.27. The summed E-state index contributed by atoms with van der Waals surface area (Å²) in [5.74, 6) is -1.10. The van der Waals surface area contributed by atoms with Crippen LogP contribution in [0.2, 0.25) is 0 Å². The highest BCUT2D eigenvalue weighted by Crippen LogP contribution is 2.19. The van der Waals surface area contributed by atoms with Crippen molar-refractivity contribution in [3.63, 3.8) is 0 Å². The quantitative estimate of drug-likeness (QED) is 0.884. The SMILES string of the molecule is CCOC(=O)CO.Fc1ccc(-c2ccc(F)cc2)cc1. The lowest BCUT2D eigenvalue weighted by Crippen LogP contribution is -2.07. The van der Waals surface area contributed by atoms with Crippen molar-refractivity contribution in [1.82, 2.24) is 0 Å². The molecule has 0 aliphatic carbocycles.